The summed E-state index contributed by atoms with van der Waals surface area (Å²) >= 11 is 3.50. The van der Waals surface area contributed by atoms with Crippen molar-refractivity contribution in [2.24, 2.45) is 4.99 Å². The fourth-order valence-corrected chi connectivity index (χ4v) is 2.51. The van der Waals surface area contributed by atoms with Crippen LogP contribution in [0.3, 0.4) is 0 Å². The van der Waals surface area contributed by atoms with Gasteiger partial charge in [0.1, 0.15) is 0 Å². The van der Waals surface area contributed by atoms with Crippen LogP contribution in [-0.4, -0.2) is 33.8 Å². The van der Waals surface area contributed by atoms with Crippen LogP contribution in [-0.2, 0) is 6.54 Å². The minimum absolute atomic E-state index is 0. The molecule has 1 aromatic carbocycles. The summed E-state index contributed by atoms with van der Waals surface area (Å²) in [5.74, 6) is 2.21. The van der Waals surface area contributed by atoms with E-state index in [1.807, 2.05) is 12.1 Å². The van der Waals surface area contributed by atoms with Crippen LogP contribution in [0.1, 0.15) is 25.3 Å². The molecular formula is C15H25BrIN3O2. The van der Waals surface area contributed by atoms with Gasteiger partial charge in [0.25, 0.3) is 0 Å². The van der Waals surface area contributed by atoms with Gasteiger partial charge in [-0.2, -0.15) is 0 Å². The second-order valence-electron chi connectivity index (χ2n) is 4.52. The summed E-state index contributed by atoms with van der Waals surface area (Å²) in [5, 5.41) is 6.56. The molecule has 0 fully saturated rings. The summed E-state index contributed by atoms with van der Waals surface area (Å²) in [4.78, 5) is 4.20. The maximum absolute atomic E-state index is 5.34. The van der Waals surface area contributed by atoms with Gasteiger partial charge in [0.2, 0.25) is 0 Å². The number of hydrogen-bond acceptors (Lipinski definition) is 3. The highest BCUT2D eigenvalue weighted by molar-refractivity contribution is 14.0. The Morgan fingerprint density at radius 1 is 1.23 bits per heavy atom. The molecule has 0 atom stereocenters. The van der Waals surface area contributed by atoms with Crippen LogP contribution < -0.4 is 20.1 Å². The number of hydrogen-bond donors (Lipinski definition) is 2. The maximum Gasteiger partial charge on any atom is 0.191 e. The molecule has 0 saturated carbocycles. The van der Waals surface area contributed by atoms with Gasteiger partial charge in [-0.3, -0.25) is 4.99 Å². The van der Waals surface area contributed by atoms with Crippen molar-refractivity contribution in [3.8, 4) is 11.5 Å². The predicted molar refractivity (Wildman–Crippen MR) is 106 cm³/mol. The zero-order valence-corrected chi connectivity index (χ0v) is 17.4. The molecule has 1 rings (SSSR count). The van der Waals surface area contributed by atoms with E-state index in [1.165, 1.54) is 0 Å². The molecular weight excluding hydrogens is 461 g/mol. The lowest BCUT2D eigenvalue weighted by atomic mass is 10.2. The van der Waals surface area contributed by atoms with Gasteiger partial charge >= 0.3 is 0 Å². The number of benzene rings is 1. The summed E-state index contributed by atoms with van der Waals surface area (Å²) in [6, 6.07) is 3.96. The van der Waals surface area contributed by atoms with E-state index in [0.717, 1.165) is 35.4 Å². The lowest BCUT2D eigenvalue weighted by Gasteiger charge is -2.14. The second-order valence-corrected chi connectivity index (χ2v) is 5.37. The lowest BCUT2D eigenvalue weighted by molar-refractivity contribution is 0.352. The van der Waals surface area contributed by atoms with Gasteiger partial charge in [0.05, 0.1) is 18.7 Å². The van der Waals surface area contributed by atoms with E-state index in [4.69, 9.17) is 9.47 Å². The number of rotatable bonds is 7. The molecule has 2 N–H and O–H groups in total. The zero-order valence-electron chi connectivity index (χ0n) is 13.5. The topological polar surface area (TPSA) is 54.9 Å². The molecule has 7 heteroatoms. The van der Waals surface area contributed by atoms with Crippen molar-refractivity contribution in [3.05, 3.63) is 22.2 Å². The number of methoxy groups -OCH3 is 2. The smallest absolute Gasteiger partial charge is 0.191 e. The van der Waals surface area contributed by atoms with Crippen molar-refractivity contribution in [2.75, 3.05) is 27.8 Å². The minimum Gasteiger partial charge on any atom is -0.493 e. The Morgan fingerprint density at radius 3 is 2.50 bits per heavy atom. The summed E-state index contributed by atoms with van der Waals surface area (Å²) in [5.41, 5.74) is 1.08. The van der Waals surface area contributed by atoms with E-state index in [-0.39, 0.29) is 24.0 Å². The van der Waals surface area contributed by atoms with Crippen LogP contribution in [0.5, 0.6) is 11.5 Å². The van der Waals surface area contributed by atoms with Gasteiger partial charge < -0.3 is 20.1 Å². The van der Waals surface area contributed by atoms with Gasteiger partial charge in [-0.25, -0.2) is 0 Å². The highest BCUT2D eigenvalue weighted by Crippen LogP contribution is 2.36. The largest absolute Gasteiger partial charge is 0.493 e. The van der Waals surface area contributed by atoms with Crippen LogP contribution in [0.2, 0.25) is 0 Å². The number of ether oxygens (including phenoxy) is 2. The Bertz CT molecular complexity index is 484. The number of unbranched alkanes of at least 4 members (excludes halogenated alkanes) is 1. The molecule has 0 radical (unpaired) electrons. The second kappa shape index (κ2) is 11.8. The molecule has 0 bridgehead atoms. The Labute approximate surface area is 158 Å². The van der Waals surface area contributed by atoms with E-state index < -0.39 is 0 Å². The van der Waals surface area contributed by atoms with Gasteiger partial charge in [-0.1, -0.05) is 13.3 Å². The van der Waals surface area contributed by atoms with E-state index in [2.05, 4.69) is 38.5 Å². The molecule has 0 aromatic heterocycles. The van der Waals surface area contributed by atoms with Crippen LogP contribution in [0.15, 0.2) is 21.6 Å². The van der Waals surface area contributed by atoms with Gasteiger partial charge in [-0.05, 0) is 40.0 Å². The molecule has 0 aliphatic carbocycles. The molecule has 1 aromatic rings. The molecule has 0 saturated heterocycles. The minimum atomic E-state index is 0. The molecule has 0 aliphatic heterocycles. The molecule has 0 aliphatic rings. The Morgan fingerprint density at radius 2 is 1.95 bits per heavy atom. The van der Waals surface area contributed by atoms with E-state index in [0.29, 0.717) is 18.0 Å². The quantitative estimate of drug-likeness (QED) is 0.268. The molecule has 0 amide bonds. The molecule has 22 heavy (non-hydrogen) atoms. The first-order valence-corrected chi connectivity index (χ1v) is 7.80. The van der Waals surface area contributed by atoms with Crippen LogP contribution >= 0.6 is 39.9 Å². The number of nitrogens with one attached hydrogen (secondary N) is 2. The SMILES string of the molecule is CCCCNC(=NC)NCc1cc(Br)c(OC)c(OC)c1.I. The van der Waals surface area contributed by atoms with Crippen LogP contribution in [0.25, 0.3) is 0 Å². The van der Waals surface area contributed by atoms with Crippen molar-refractivity contribution in [2.45, 2.75) is 26.3 Å². The maximum atomic E-state index is 5.34. The highest BCUT2D eigenvalue weighted by Gasteiger charge is 2.10. The molecule has 0 spiro atoms. The normalized spacial score (nSPS) is 10.7. The lowest BCUT2D eigenvalue weighted by Crippen LogP contribution is -2.37. The first-order chi connectivity index (χ1) is 10.2. The molecule has 126 valence electrons. The summed E-state index contributed by atoms with van der Waals surface area (Å²) < 4.78 is 11.5. The molecule has 0 heterocycles. The summed E-state index contributed by atoms with van der Waals surface area (Å²) in [6.45, 7) is 3.75. The monoisotopic (exact) mass is 485 g/mol. The average Bonchev–Trinajstić information content (AvgIpc) is 2.50. The molecule has 5 nitrogen and oxygen atoms in total. The Hall–Kier alpha value is -0.700. The van der Waals surface area contributed by atoms with Crippen molar-refractivity contribution in [1.82, 2.24) is 10.6 Å². The first kappa shape index (κ1) is 21.3. The van der Waals surface area contributed by atoms with Crippen LogP contribution in [0, 0.1) is 0 Å². The predicted octanol–water partition coefficient (Wildman–Crippen LogP) is 3.55. The standard InChI is InChI=1S/C15H24BrN3O2.HI/c1-5-6-7-18-15(17-2)19-10-11-8-12(16)14(21-4)13(9-11)20-3;/h8-9H,5-7,10H2,1-4H3,(H2,17,18,19);1H. The van der Waals surface area contributed by atoms with Gasteiger partial charge in [-0.15, -0.1) is 24.0 Å². The summed E-state index contributed by atoms with van der Waals surface area (Å²) in [6.07, 6.45) is 2.29. The fraction of sp³-hybridized carbons (Fsp3) is 0.533. The molecule has 0 unspecified atom stereocenters. The van der Waals surface area contributed by atoms with Crippen molar-refractivity contribution in [3.63, 3.8) is 0 Å². The number of guanidine groups is 1. The third-order valence-corrected chi connectivity index (χ3v) is 3.59. The van der Waals surface area contributed by atoms with Crippen molar-refractivity contribution < 1.29 is 9.47 Å². The third kappa shape index (κ3) is 6.60. The number of nitrogens with zero attached hydrogens (tertiary/aromatic N) is 1. The zero-order chi connectivity index (χ0) is 15.7. The highest BCUT2D eigenvalue weighted by atomic mass is 127. The van der Waals surface area contributed by atoms with Crippen molar-refractivity contribution in [1.29, 1.82) is 0 Å². The van der Waals surface area contributed by atoms with E-state index >= 15 is 0 Å². The van der Waals surface area contributed by atoms with E-state index in [9.17, 15) is 0 Å². The first-order valence-electron chi connectivity index (χ1n) is 7.01. The van der Waals surface area contributed by atoms with Crippen LogP contribution in [0.4, 0.5) is 0 Å². The fourth-order valence-electron chi connectivity index (χ4n) is 1.86. The third-order valence-electron chi connectivity index (χ3n) is 3.00. The van der Waals surface area contributed by atoms with Gasteiger partial charge in [0.15, 0.2) is 17.5 Å². The van der Waals surface area contributed by atoms with Crippen molar-refractivity contribution >= 4 is 45.9 Å². The number of halogens is 2. The summed E-state index contributed by atoms with van der Waals surface area (Å²) in [7, 11) is 5.03. The average molecular weight is 486 g/mol. The van der Waals surface area contributed by atoms with Gasteiger partial charge in [0, 0.05) is 20.1 Å². The Kier molecular flexibility index (Phi) is 11.4. The Balaban J connectivity index is 0.00000441. The van der Waals surface area contributed by atoms with E-state index in [1.54, 1.807) is 21.3 Å². The number of aliphatic imine (C=N–C) groups is 1.